The van der Waals surface area contributed by atoms with Gasteiger partial charge in [-0.3, -0.25) is 9.59 Å². The van der Waals surface area contributed by atoms with Gasteiger partial charge in [0.1, 0.15) is 6.04 Å². The van der Waals surface area contributed by atoms with Gasteiger partial charge < -0.3 is 20.3 Å². The molecule has 1 aromatic heterocycles. The molecule has 3 rings (SSSR count). The summed E-state index contributed by atoms with van der Waals surface area (Å²) in [4.78, 5) is 23.7. The number of aliphatic hydroxyl groups excluding tert-OH is 1. The van der Waals surface area contributed by atoms with Crippen molar-refractivity contribution in [2.24, 2.45) is 0 Å². The van der Waals surface area contributed by atoms with E-state index >= 15 is 0 Å². The van der Waals surface area contributed by atoms with Crippen LogP contribution in [0.5, 0.6) is 0 Å². The SMILES string of the molecule is CC(=O)NC(CO)C(=O)Nc1ccc2c(c1C)c1ccccc1n2C(C)C. The molecule has 3 aromatic rings. The van der Waals surface area contributed by atoms with Crippen LogP contribution in [0.2, 0.25) is 0 Å². The molecule has 0 bridgehead atoms. The zero-order chi connectivity index (χ0) is 19.7. The molecule has 3 N–H and O–H groups in total. The van der Waals surface area contributed by atoms with Crippen LogP contribution in [0.3, 0.4) is 0 Å². The van der Waals surface area contributed by atoms with Crippen molar-refractivity contribution in [3.05, 3.63) is 42.0 Å². The number of anilines is 1. The van der Waals surface area contributed by atoms with Crippen molar-refractivity contribution in [2.45, 2.75) is 39.8 Å². The number of hydrogen-bond donors (Lipinski definition) is 3. The van der Waals surface area contributed by atoms with E-state index in [4.69, 9.17) is 0 Å². The fourth-order valence-corrected chi connectivity index (χ4v) is 3.61. The number of aromatic nitrogens is 1. The summed E-state index contributed by atoms with van der Waals surface area (Å²) in [7, 11) is 0. The molecule has 2 aromatic carbocycles. The van der Waals surface area contributed by atoms with Gasteiger partial charge in [0.2, 0.25) is 11.8 Å². The van der Waals surface area contributed by atoms with E-state index in [1.807, 2.05) is 31.2 Å². The van der Waals surface area contributed by atoms with Crippen molar-refractivity contribution in [1.29, 1.82) is 0 Å². The van der Waals surface area contributed by atoms with Crippen LogP contribution in [0.15, 0.2) is 36.4 Å². The largest absolute Gasteiger partial charge is 0.394 e. The highest BCUT2D eigenvalue weighted by Crippen LogP contribution is 2.36. The van der Waals surface area contributed by atoms with Gasteiger partial charge in [0.25, 0.3) is 0 Å². The third-order valence-electron chi connectivity index (χ3n) is 4.79. The zero-order valence-corrected chi connectivity index (χ0v) is 16.0. The van der Waals surface area contributed by atoms with Crippen molar-refractivity contribution < 1.29 is 14.7 Å². The lowest BCUT2D eigenvalue weighted by Crippen LogP contribution is -2.45. The smallest absolute Gasteiger partial charge is 0.249 e. The van der Waals surface area contributed by atoms with Crippen molar-refractivity contribution >= 4 is 39.3 Å². The third-order valence-corrected chi connectivity index (χ3v) is 4.79. The number of fused-ring (bicyclic) bond motifs is 3. The molecule has 27 heavy (non-hydrogen) atoms. The van der Waals surface area contributed by atoms with Crippen LogP contribution in [-0.2, 0) is 9.59 Å². The molecule has 0 aliphatic carbocycles. The lowest BCUT2D eigenvalue weighted by molar-refractivity contribution is -0.126. The number of para-hydroxylation sites is 1. The number of hydrogen-bond acceptors (Lipinski definition) is 3. The molecule has 0 aliphatic heterocycles. The lowest BCUT2D eigenvalue weighted by Gasteiger charge is -2.17. The maximum absolute atomic E-state index is 12.5. The molecule has 0 saturated carbocycles. The first-order chi connectivity index (χ1) is 12.8. The van der Waals surface area contributed by atoms with Gasteiger partial charge in [-0.25, -0.2) is 0 Å². The van der Waals surface area contributed by atoms with Crippen LogP contribution in [0.4, 0.5) is 5.69 Å². The minimum Gasteiger partial charge on any atom is -0.394 e. The molecule has 1 unspecified atom stereocenters. The standard InChI is InChI=1S/C21H25N3O3/c1-12(2)24-18-8-6-5-7-15(18)20-13(3)16(9-10-19(20)24)23-21(27)17(11-25)22-14(4)26/h5-10,12,17,25H,11H2,1-4H3,(H,22,26)(H,23,27). The van der Waals surface area contributed by atoms with Crippen molar-refractivity contribution in [3.8, 4) is 0 Å². The maximum Gasteiger partial charge on any atom is 0.249 e. The summed E-state index contributed by atoms with van der Waals surface area (Å²) in [5.41, 5.74) is 3.89. The van der Waals surface area contributed by atoms with E-state index in [9.17, 15) is 14.7 Å². The number of benzene rings is 2. The molecule has 6 heteroatoms. The van der Waals surface area contributed by atoms with Gasteiger partial charge in [0.15, 0.2) is 0 Å². The summed E-state index contributed by atoms with van der Waals surface area (Å²) in [5, 5.41) is 16.9. The number of carbonyl (C=O) groups excluding carboxylic acids is 2. The van der Waals surface area contributed by atoms with Gasteiger partial charge >= 0.3 is 0 Å². The van der Waals surface area contributed by atoms with Gasteiger partial charge in [-0.1, -0.05) is 18.2 Å². The molecule has 2 amide bonds. The summed E-state index contributed by atoms with van der Waals surface area (Å²) in [5.74, 6) is -0.806. The average Bonchev–Trinajstić information content (AvgIpc) is 2.96. The molecule has 6 nitrogen and oxygen atoms in total. The third kappa shape index (κ3) is 3.40. The summed E-state index contributed by atoms with van der Waals surface area (Å²) >= 11 is 0. The summed E-state index contributed by atoms with van der Waals surface area (Å²) < 4.78 is 2.29. The highest BCUT2D eigenvalue weighted by Gasteiger charge is 2.21. The predicted octanol–water partition coefficient (Wildman–Crippen LogP) is 3.12. The van der Waals surface area contributed by atoms with Crippen LogP contribution in [0.25, 0.3) is 21.8 Å². The van der Waals surface area contributed by atoms with Crippen LogP contribution < -0.4 is 10.6 Å². The fraction of sp³-hybridized carbons (Fsp3) is 0.333. The van der Waals surface area contributed by atoms with E-state index in [0.717, 1.165) is 27.4 Å². The second-order valence-electron chi connectivity index (χ2n) is 7.04. The first-order valence-electron chi connectivity index (χ1n) is 9.06. The molecule has 0 radical (unpaired) electrons. The van der Waals surface area contributed by atoms with Crippen molar-refractivity contribution in [1.82, 2.24) is 9.88 Å². The first-order valence-corrected chi connectivity index (χ1v) is 9.06. The Bertz CT molecular complexity index is 1020. The summed E-state index contributed by atoms with van der Waals surface area (Å²) in [6.45, 7) is 7.13. The number of amides is 2. The van der Waals surface area contributed by atoms with Gasteiger partial charge in [-0.2, -0.15) is 0 Å². The van der Waals surface area contributed by atoms with E-state index in [1.165, 1.54) is 6.92 Å². The minimum absolute atomic E-state index is 0.297. The molecular formula is C21H25N3O3. The molecule has 142 valence electrons. The zero-order valence-electron chi connectivity index (χ0n) is 16.0. The summed E-state index contributed by atoms with van der Waals surface area (Å²) in [6, 6.07) is 11.4. The topological polar surface area (TPSA) is 83.4 Å². The van der Waals surface area contributed by atoms with Gasteiger partial charge in [-0.05, 0) is 44.5 Å². The van der Waals surface area contributed by atoms with Crippen LogP contribution in [0.1, 0.15) is 32.4 Å². The average molecular weight is 367 g/mol. The second-order valence-corrected chi connectivity index (χ2v) is 7.04. The van der Waals surface area contributed by atoms with E-state index in [2.05, 4.69) is 41.2 Å². The first kappa shape index (κ1) is 18.9. The molecule has 0 saturated heterocycles. The number of nitrogens with zero attached hydrogens (tertiary/aromatic N) is 1. The number of nitrogens with one attached hydrogen (secondary N) is 2. The Balaban J connectivity index is 2.09. The Morgan fingerprint density at radius 2 is 1.81 bits per heavy atom. The Morgan fingerprint density at radius 3 is 2.44 bits per heavy atom. The van der Waals surface area contributed by atoms with Gasteiger partial charge in [0, 0.05) is 40.5 Å². The van der Waals surface area contributed by atoms with Crippen LogP contribution >= 0.6 is 0 Å². The normalized spacial score (nSPS) is 12.5. The van der Waals surface area contributed by atoms with Crippen LogP contribution in [0, 0.1) is 6.92 Å². The minimum atomic E-state index is -0.977. The van der Waals surface area contributed by atoms with Gasteiger partial charge in [-0.15, -0.1) is 0 Å². The van der Waals surface area contributed by atoms with Crippen LogP contribution in [-0.4, -0.2) is 34.1 Å². The number of aryl methyl sites for hydroxylation is 1. The van der Waals surface area contributed by atoms with E-state index in [0.29, 0.717) is 11.7 Å². The number of carbonyl (C=O) groups is 2. The summed E-state index contributed by atoms with van der Waals surface area (Å²) in [6.07, 6.45) is 0. The van der Waals surface area contributed by atoms with E-state index in [1.54, 1.807) is 0 Å². The Kier molecular flexibility index (Phi) is 5.19. The molecule has 0 spiro atoms. The fourth-order valence-electron chi connectivity index (χ4n) is 3.61. The maximum atomic E-state index is 12.5. The Labute approximate surface area is 158 Å². The van der Waals surface area contributed by atoms with Gasteiger partial charge in [0.05, 0.1) is 6.61 Å². The molecular weight excluding hydrogens is 342 g/mol. The Hall–Kier alpha value is -2.86. The van der Waals surface area contributed by atoms with E-state index < -0.39 is 18.6 Å². The number of rotatable bonds is 5. The molecule has 0 fully saturated rings. The molecule has 1 heterocycles. The number of aliphatic hydroxyl groups is 1. The van der Waals surface area contributed by atoms with E-state index in [-0.39, 0.29) is 5.91 Å². The monoisotopic (exact) mass is 367 g/mol. The predicted molar refractivity (Wildman–Crippen MR) is 108 cm³/mol. The van der Waals surface area contributed by atoms with Crippen molar-refractivity contribution in [2.75, 3.05) is 11.9 Å². The quantitative estimate of drug-likeness (QED) is 0.648. The highest BCUT2D eigenvalue weighted by atomic mass is 16.3. The Morgan fingerprint density at radius 1 is 1.11 bits per heavy atom. The lowest BCUT2D eigenvalue weighted by atomic mass is 10.1. The molecule has 0 aliphatic rings. The molecule has 1 atom stereocenters. The van der Waals surface area contributed by atoms with Crippen molar-refractivity contribution in [3.63, 3.8) is 0 Å². The second kappa shape index (κ2) is 7.40. The highest BCUT2D eigenvalue weighted by molar-refractivity contribution is 6.12.